The van der Waals surface area contributed by atoms with Gasteiger partial charge in [-0.3, -0.25) is 10.1 Å². The molecule has 3 rings (SSSR count). The fraction of sp³-hybridized carbons (Fsp3) is 0.391. The zero-order chi connectivity index (χ0) is 22.1. The molecule has 1 fully saturated rings. The van der Waals surface area contributed by atoms with Gasteiger partial charge in [-0.05, 0) is 48.6 Å². The molecule has 0 unspecified atom stereocenters. The third-order valence-corrected chi connectivity index (χ3v) is 5.78. The third-order valence-electron chi connectivity index (χ3n) is 5.41. The highest BCUT2D eigenvalue weighted by atomic mass is 35.5. The summed E-state index contributed by atoms with van der Waals surface area (Å²) < 4.78 is 10.8. The predicted molar refractivity (Wildman–Crippen MR) is 118 cm³/mol. The van der Waals surface area contributed by atoms with E-state index in [9.17, 15) is 9.59 Å². The van der Waals surface area contributed by atoms with Crippen LogP contribution in [-0.2, 0) is 27.2 Å². The van der Waals surface area contributed by atoms with Crippen molar-refractivity contribution >= 4 is 29.3 Å². The summed E-state index contributed by atoms with van der Waals surface area (Å²) in [7, 11) is 0. The van der Waals surface area contributed by atoms with E-state index in [2.05, 4.69) is 10.6 Å². The van der Waals surface area contributed by atoms with Gasteiger partial charge in [0.1, 0.15) is 6.61 Å². The monoisotopic (exact) mass is 446 g/mol. The first-order valence-corrected chi connectivity index (χ1v) is 10.6. The molecular formula is C23H27ClN2O5. The zero-order valence-corrected chi connectivity index (χ0v) is 18.0. The van der Waals surface area contributed by atoms with E-state index < -0.39 is 11.5 Å². The minimum absolute atomic E-state index is 0.0425. The van der Waals surface area contributed by atoms with Crippen LogP contribution in [0.2, 0.25) is 5.02 Å². The molecule has 0 aliphatic carbocycles. The molecule has 7 nitrogen and oxygen atoms in total. The first-order chi connectivity index (χ1) is 15.0. The summed E-state index contributed by atoms with van der Waals surface area (Å²) in [5.74, 6) is -0.183. The number of amides is 2. The Morgan fingerprint density at radius 3 is 2.48 bits per heavy atom. The Morgan fingerprint density at radius 2 is 1.81 bits per heavy atom. The Balaban J connectivity index is 1.57. The molecule has 2 aromatic rings. The number of carbonyl (C=O) groups is 2. The van der Waals surface area contributed by atoms with Crippen LogP contribution in [0.1, 0.15) is 24.0 Å². The van der Waals surface area contributed by atoms with Crippen molar-refractivity contribution in [3.8, 4) is 0 Å². The van der Waals surface area contributed by atoms with Crippen LogP contribution in [0, 0.1) is 5.41 Å². The highest BCUT2D eigenvalue weighted by Crippen LogP contribution is 2.32. The Hall–Kier alpha value is -2.61. The quantitative estimate of drug-likeness (QED) is 0.576. The van der Waals surface area contributed by atoms with Crippen LogP contribution in [0.15, 0.2) is 48.5 Å². The molecule has 1 saturated heterocycles. The Bertz CT molecular complexity index is 882. The summed E-state index contributed by atoms with van der Waals surface area (Å²) in [5.41, 5.74) is 1.53. The van der Waals surface area contributed by atoms with Gasteiger partial charge < -0.3 is 19.9 Å². The fourth-order valence-corrected chi connectivity index (χ4v) is 3.65. The lowest BCUT2D eigenvalue weighted by Crippen LogP contribution is -2.48. The highest BCUT2D eigenvalue weighted by Gasteiger charge is 2.41. The molecule has 1 aliphatic heterocycles. The molecule has 0 spiro atoms. The lowest BCUT2D eigenvalue weighted by molar-refractivity contribution is -0.140. The van der Waals surface area contributed by atoms with Gasteiger partial charge in [0.15, 0.2) is 0 Å². The number of carbonyl (C=O) groups excluding carboxylic acids is 2. The van der Waals surface area contributed by atoms with E-state index in [1.807, 2.05) is 30.3 Å². The standard InChI is InChI=1S/C23H27ClN2O5/c24-20-4-2-1-3-18(20)15-25-21(28)23(10-13-30-14-11-23)16-31-22(29)26-19-7-5-17(6-8-19)9-12-27/h1-8,27H,9-16H2,(H,25,28)(H,26,29). The molecule has 0 bridgehead atoms. The molecule has 31 heavy (non-hydrogen) atoms. The topological polar surface area (TPSA) is 96.9 Å². The molecule has 2 aromatic carbocycles. The van der Waals surface area contributed by atoms with Crippen LogP contribution >= 0.6 is 11.6 Å². The van der Waals surface area contributed by atoms with Gasteiger partial charge in [0.05, 0.1) is 5.41 Å². The van der Waals surface area contributed by atoms with Gasteiger partial charge >= 0.3 is 6.09 Å². The molecule has 0 saturated carbocycles. The van der Waals surface area contributed by atoms with Crippen molar-refractivity contribution in [2.75, 3.05) is 31.7 Å². The van der Waals surface area contributed by atoms with Crippen LogP contribution in [0.25, 0.3) is 0 Å². The Morgan fingerprint density at radius 1 is 1.10 bits per heavy atom. The second kappa shape index (κ2) is 11.1. The number of halogens is 1. The molecule has 166 valence electrons. The molecule has 1 aliphatic rings. The molecule has 1 heterocycles. The van der Waals surface area contributed by atoms with Gasteiger partial charge in [-0.2, -0.15) is 0 Å². The number of ether oxygens (including phenoxy) is 2. The average molecular weight is 447 g/mol. The molecule has 3 N–H and O–H groups in total. The van der Waals surface area contributed by atoms with Crippen molar-refractivity contribution in [2.45, 2.75) is 25.8 Å². The summed E-state index contributed by atoms with van der Waals surface area (Å²) in [6.07, 6.45) is 0.854. The van der Waals surface area contributed by atoms with Gasteiger partial charge in [-0.1, -0.05) is 41.9 Å². The lowest BCUT2D eigenvalue weighted by Gasteiger charge is -2.35. The second-order valence-corrected chi connectivity index (χ2v) is 7.95. The molecular weight excluding hydrogens is 420 g/mol. The maximum absolute atomic E-state index is 13.0. The Kier molecular flexibility index (Phi) is 8.28. The largest absolute Gasteiger partial charge is 0.448 e. The van der Waals surface area contributed by atoms with Crippen molar-refractivity contribution < 1.29 is 24.2 Å². The molecule has 8 heteroatoms. The van der Waals surface area contributed by atoms with E-state index in [1.54, 1.807) is 18.2 Å². The summed E-state index contributed by atoms with van der Waals surface area (Å²) in [4.78, 5) is 25.3. The summed E-state index contributed by atoms with van der Waals surface area (Å²) >= 11 is 6.17. The van der Waals surface area contributed by atoms with Crippen molar-refractivity contribution in [3.63, 3.8) is 0 Å². The van der Waals surface area contributed by atoms with E-state index in [0.29, 0.717) is 49.7 Å². The summed E-state index contributed by atoms with van der Waals surface area (Å²) in [5, 5.41) is 15.2. The minimum Gasteiger partial charge on any atom is -0.448 e. The van der Waals surface area contributed by atoms with Crippen LogP contribution in [0.4, 0.5) is 10.5 Å². The van der Waals surface area contributed by atoms with E-state index in [4.69, 9.17) is 26.2 Å². The van der Waals surface area contributed by atoms with Crippen molar-refractivity contribution in [3.05, 3.63) is 64.7 Å². The molecule has 0 atom stereocenters. The fourth-order valence-electron chi connectivity index (χ4n) is 3.45. The van der Waals surface area contributed by atoms with Crippen molar-refractivity contribution in [1.82, 2.24) is 5.32 Å². The minimum atomic E-state index is -0.845. The van der Waals surface area contributed by atoms with Crippen molar-refractivity contribution in [1.29, 1.82) is 0 Å². The van der Waals surface area contributed by atoms with Gasteiger partial charge in [-0.15, -0.1) is 0 Å². The number of nitrogens with one attached hydrogen (secondary N) is 2. The van der Waals surface area contributed by atoms with Crippen LogP contribution in [0.5, 0.6) is 0 Å². The number of anilines is 1. The smallest absolute Gasteiger partial charge is 0.411 e. The predicted octanol–water partition coefficient (Wildman–Crippen LogP) is 3.54. The van der Waals surface area contributed by atoms with Gasteiger partial charge in [0, 0.05) is 37.1 Å². The molecule has 2 amide bonds. The SMILES string of the molecule is O=C(Nc1ccc(CCO)cc1)OCC1(C(=O)NCc2ccccc2Cl)CCOCC1. The number of aliphatic hydroxyl groups is 1. The zero-order valence-electron chi connectivity index (χ0n) is 17.2. The number of benzene rings is 2. The average Bonchev–Trinajstić information content (AvgIpc) is 2.79. The van der Waals surface area contributed by atoms with E-state index in [1.165, 1.54) is 0 Å². The maximum Gasteiger partial charge on any atom is 0.411 e. The lowest BCUT2D eigenvalue weighted by atomic mass is 9.80. The maximum atomic E-state index is 13.0. The molecule has 0 aromatic heterocycles. The number of hydrogen-bond acceptors (Lipinski definition) is 5. The molecule has 0 radical (unpaired) electrons. The number of hydrogen-bond donors (Lipinski definition) is 3. The summed E-state index contributed by atoms with van der Waals surface area (Å²) in [6, 6.07) is 14.5. The van der Waals surface area contributed by atoms with E-state index >= 15 is 0 Å². The van der Waals surface area contributed by atoms with E-state index in [0.717, 1.165) is 11.1 Å². The first kappa shape index (κ1) is 23.1. The third kappa shape index (κ3) is 6.43. The van der Waals surface area contributed by atoms with Gasteiger partial charge in [0.25, 0.3) is 0 Å². The van der Waals surface area contributed by atoms with Crippen LogP contribution in [-0.4, -0.2) is 43.5 Å². The van der Waals surface area contributed by atoms with Gasteiger partial charge in [0.2, 0.25) is 5.91 Å². The van der Waals surface area contributed by atoms with Gasteiger partial charge in [-0.25, -0.2) is 4.79 Å². The van der Waals surface area contributed by atoms with Crippen LogP contribution in [0.3, 0.4) is 0 Å². The summed E-state index contributed by atoms with van der Waals surface area (Å²) in [6.45, 7) is 1.18. The van der Waals surface area contributed by atoms with Crippen molar-refractivity contribution in [2.24, 2.45) is 5.41 Å². The Labute approximate surface area is 186 Å². The number of aliphatic hydroxyl groups excluding tert-OH is 1. The normalized spacial score (nSPS) is 15.2. The highest BCUT2D eigenvalue weighted by molar-refractivity contribution is 6.31. The van der Waals surface area contributed by atoms with Crippen LogP contribution < -0.4 is 10.6 Å². The second-order valence-electron chi connectivity index (χ2n) is 7.54. The first-order valence-electron chi connectivity index (χ1n) is 10.3. The number of rotatable bonds is 8. The van der Waals surface area contributed by atoms with E-state index in [-0.39, 0.29) is 19.1 Å².